The van der Waals surface area contributed by atoms with Crippen LogP contribution in [0.15, 0.2) is 72.8 Å². The van der Waals surface area contributed by atoms with E-state index >= 15 is 0 Å². The second kappa shape index (κ2) is 12.2. The van der Waals surface area contributed by atoms with Crippen LogP contribution in [0.2, 0.25) is 5.02 Å². The van der Waals surface area contributed by atoms with E-state index in [1.54, 1.807) is 24.3 Å². The molecule has 5 rings (SSSR count). The lowest BCUT2D eigenvalue weighted by Crippen LogP contribution is -2.38. The molecule has 1 aromatic heterocycles. The van der Waals surface area contributed by atoms with Gasteiger partial charge in [-0.1, -0.05) is 60.1 Å². The summed E-state index contributed by atoms with van der Waals surface area (Å²) < 4.78 is 42.1. The highest BCUT2D eigenvalue weighted by molar-refractivity contribution is 6.30. The van der Waals surface area contributed by atoms with E-state index in [-0.39, 0.29) is 36.2 Å². The summed E-state index contributed by atoms with van der Waals surface area (Å²) in [6, 6.07) is 20.9. The lowest BCUT2D eigenvalue weighted by Gasteiger charge is -2.26. The van der Waals surface area contributed by atoms with Gasteiger partial charge in [0, 0.05) is 23.2 Å². The molecule has 0 spiro atoms. The van der Waals surface area contributed by atoms with Crippen molar-refractivity contribution in [2.45, 2.75) is 50.8 Å². The Morgan fingerprint density at radius 2 is 1.80 bits per heavy atom. The number of alkyl halides is 3. The number of H-pyrrole nitrogens is 1. The molecule has 3 N–H and O–H groups in total. The van der Waals surface area contributed by atoms with Crippen LogP contribution < -0.4 is 15.5 Å². The molecule has 0 radical (unpaired) electrons. The molecular formula is C28H27ClF3N7O2. The van der Waals surface area contributed by atoms with Gasteiger partial charge < -0.3 is 10.1 Å². The van der Waals surface area contributed by atoms with Crippen molar-refractivity contribution in [1.29, 1.82) is 0 Å². The maximum absolute atomic E-state index is 12.7. The van der Waals surface area contributed by atoms with Crippen molar-refractivity contribution >= 4 is 17.5 Å². The van der Waals surface area contributed by atoms with E-state index in [0.29, 0.717) is 23.0 Å². The smallest absolute Gasteiger partial charge is 0.406 e. The molecule has 13 heteroatoms. The molecule has 1 aliphatic rings. The number of hydrogen-bond acceptors (Lipinski definition) is 7. The number of amides is 1. The zero-order chi connectivity index (χ0) is 29.0. The summed E-state index contributed by atoms with van der Waals surface area (Å²) in [7, 11) is 0. The first-order chi connectivity index (χ1) is 19.6. The minimum atomic E-state index is -4.75. The molecule has 3 atom stereocenters. The minimum absolute atomic E-state index is 0.0578. The van der Waals surface area contributed by atoms with E-state index in [0.717, 1.165) is 23.1 Å². The largest absolute Gasteiger partial charge is 0.573 e. The summed E-state index contributed by atoms with van der Waals surface area (Å²) in [4.78, 5) is 12.5. The third-order valence-corrected chi connectivity index (χ3v) is 7.30. The quantitative estimate of drug-likeness (QED) is 0.244. The van der Waals surface area contributed by atoms with Crippen molar-refractivity contribution in [1.82, 2.24) is 36.4 Å². The molecule has 0 aliphatic carbocycles. The lowest BCUT2D eigenvalue weighted by atomic mass is 9.89. The van der Waals surface area contributed by atoms with E-state index in [1.807, 2.05) is 36.4 Å². The van der Waals surface area contributed by atoms with Gasteiger partial charge in [0.25, 0.3) is 5.91 Å². The number of carbonyl (C=O) groups is 1. The lowest BCUT2D eigenvalue weighted by molar-refractivity contribution is -0.274. The Labute approximate surface area is 239 Å². The molecule has 1 saturated heterocycles. The van der Waals surface area contributed by atoms with Gasteiger partial charge in [0.05, 0.1) is 12.6 Å². The van der Waals surface area contributed by atoms with Gasteiger partial charge in [-0.2, -0.15) is 5.21 Å². The average Bonchev–Trinajstić information content (AvgIpc) is 3.62. The SMILES string of the molecule is CC(c1ccc(Cl)cc1)C1CC(c2ccc(OC(F)(F)F)cc2)N(Cc2ccc(C(=O)NCc3nn[nH]n3)cc2)N1. The molecule has 41 heavy (non-hydrogen) atoms. The van der Waals surface area contributed by atoms with E-state index in [4.69, 9.17) is 11.6 Å². The van der Waals surface area contributed by atoms with Gasteiger partial charge in [0.1, 0.15) is 5.75 Å². The first-order valence-corrected chi connectivity index (χ1v) is 13.3. The average molecular weight is 586 g/mol. The zero-order valence-corrected chi connectivity index (χ0v) is 22.7. The van der Waals surface area contributed by atoms with Crippen LogP contribution in [0.1, 0.15) is 58.2 Å². The van der Waals surface area contributed by atoms with E-state index < -0.39 is 6.36 Å². The Morgan fingerprint density at radius 1 is 1.10 bits per heavy atom. The number of hydrazine groups is 1. The number of tetrazole rings is 1. The maximum atomic E-state index is 12.7. The summed E-state index contributed by atoms with van der Waals surface area (Å²) >= 11 is 6.08. The minimum Gasteiger partial charge on any atom is -0.406 e. The molecule has 214 valence electrons. The highest BCUT2D eigenvalue weighted by Gasteiger charge is 2.36. The number of hydrogen-bond donors (Lipinski definition) is 3. The summed E-state index contributed by atoms with van der Waals surface area (Å²) in [6.45, 7) is 2.78. The van der Waals surface area contributed by atoms with Crippen LogP contribution in [0.5, 0.6) is 5.75 Å². The Bertz CT molecular complexity index is 1430. The van der Waals surface area contributed by atoms with Crippen molar-refractivity contribution in [2.75, 3.05) is 0 Å². The monoisotopic (exact) mass is 585 g/mol. The highest BCUT2D eigenvalue weighted by Crippen LogP contribution is 2.38. The fraction of sp³-hybridized carbons (Fsp3) is 0.286. The van der Waals surface area contributed by atoms with E-state index in [1.165, 1.54) is 12.1 Å². The standard InChI is InChI=1S/C28H27ClF3N7O2/c1-17(19-6-10-22(29)11-7-19)24-14-25(20-8-12-23(13-9-20)41-28(30,31)32)39(36-24)16-18-2-4-21(5-3-18)27(40)33-15-26-34-37-38-35-26/h2-13,17,24-25,36H,14-16H2,1H3,(H,33,40)(H,34,35,37,38). The first kappa shape index (κ1) is 28.5. The molecule has 1 amide bonds. The Morgan fingerprint density at radius 3 is 2.44 bits per heavy atom. The van der Waals surface area contributed by atoms with Gasteiger partial charge in [-0.05, 0) is 65.4 Å². The molecule has 3 unspecified atom stereocenters. The fourth-order valence-electron chi connectivity index (χ4n) is 4.88. The van der Waals surface area contributed by atoms with Crippen molar-refractivity contribution in [3.63, 3.8) is 0 Å². The number of benzene rings is 3. The van der Waals surface area contributed by atoms with Gasteiger partial charge in [0.2, 0.25) is 0 Å². The van der Waals surface area contributed by atoms with Crippen molar-refractivity contribution in [3.8, 4) is 5.75 Å². The number of ether oxygens (including phenoxy) is 1. The van der Waals surface area contributed by atoms with Crippen LogP contribution in [-0.2, 0) is 13.1 Å². The highest BCUT2D eigenvalue weighted by atomic mass is 35.5. The molecule has 4 aromatic rings. The van der Waals surface area contributed by atoms with Crippen molar-refractivity contribution < 1.29 is 22.7 Å². The van der Waals surface area contributed by atoms with Crippen LogP contribution in [-0.4, -0.2) is 43.9 Å². The Balaban J connectivity index is 1.31. The molecule has 0 bridgehead atoms. The molecule has 1 fully saturated rings. The maximum Gasteiger partial charge on any atom is 0.573 e. The fourth-order valence-corrected chi connectivity index (χ4v) is 5.00. The van der Waals surface area contributed by atoms with Crippen molar-refractivity contribution in [2.24, 2.45) is 0 Å². The summed E-state index contributed by atoms with van der Waals surface area (Å²) in [5.41, 5.74) is 7.03. The van der Waals surface area contributed by atoms with Gasteiger partial charge in [0.15, 0.2) is 5.82 Å². The second-order valence-corrected chi connectivity index (χ2v) is 10.2. The van der Waals surface area contributed by atoms with Crippen LogP contribution in [0.4, 0.5) is 13.2 Å². The Hall–Kier alpha value is -4.00. The summed E-state index contributed by atoms with van der Waals surface area (Å²) in [6.07, 6.45) is -4.03. The van der Waals surface area contributed by atoms with Gasteiger partial charge >= 0.3 is 6.36 Å². The molecular weight excluding hydrogens is 559 g/mol. The summed E-state index contributed by atoms with van der Waals surface area (Å²) in [5, 5.41) is 18.9. The number of nitrogens with zero attached hydrogens (tertiary/aromatic N) is 4. The number of rotatable bonds is 9. The van der Waals surface area contributed by atoms with Gasteiger partial charge in [-0.3, -0.25) is 10.2 Å². The molecule has 2 heterocycles. The van der Waals surface area contributed by atoms with Crippen molar-refractivity contribution in [3.05, 3.63) is 106 Å². The number of aromatic nitrogens is 4. The Kier molecular flexibility index (Phi) is 8.52. The van der Waals surface area contributed by atoms with Crippen LogP contribution in [0.25, 0.3) is 0 Å². The number of aromatic amines is 1. The van der Waals surface area contributed by atoms with Gasteiger partial charge in [-0.15, -0.1) is 23.4 Å². The molecule has 9 nitrogen and oxygen atoms in total. The number of nitrogens with one attached hydrogen (secondary N) is 3. The molecule has 0 saturated carbocycles. The predicted molar refractivity (Wildman–Crippen MR) is 145 cm³/mol. The van der Waals surface area contributed by atoms with E-state index in [9.17, 15) is 18.0 Å². The zero-order valence-electron chi connectivity index (χ0n) is 21.9. The normalized spacial score (nSPS) is 18.3. The topological polar surface area (TPSA) is 108 Å². The van der Waals surface area contributed by atoms with Crippen LogP contribution in [0, 0.1) is 0 Å². The van der Waals surface area contributed by atoms with E-state index in [2.05, 4.69) is 48.0 Å². The molecule has 1 aliphatic heterocycles. The van der Waals surface area contributed by atoms with Crippen LogP contribution >= 0.6 is 11.6 Å². The second-order valence-electron chi connectivity index (χ2n) is 9.78. The number of halogens is 4. The third kappa shape index (κ3) is 7.40. The van der Waals surface area contributed by atoms with Crippen LogP contribution in [0.3, 0.4) is 0 Å². The van der Waals surface area contributed by atoms with Gasteiger partial charge in [-0.25, -0.2) is 5.01 Å². The third-order valence-electron chi connectivity index (χ3n) is 7.05. The molecule has 3 aromatic carbocycles. The summed E-state index contributed by atoms with van der Waals surface area (Å²) in [5.74, 6) is -0.0195. The predicted octanol–water partition coefficient (Wildman–Crippen LogP) is 5.31. The number of carbonyl (C=O) groups excluding carboxylic acids is 1. The first-order valence-electron chi connectivity index (χ1n) is 12.9.